The van der Waals surface area contributed by atoms with Crippen LogP contribution in [-0.4, -0.2) is 41.0 Å². The summed E-state index contributed by atoms with van der Waals surface area (Å²) in [6.07, 6.45) is 7.18. The van der Waals surface area contributed by atoms with E-state index in [0.717, 1.165) is 5.56 Å². The lowest BCUT2D eigenvalue weighted by atomic mass is 9.43. The Hall–Kier alpha value is -2.12. The normalized spacial score (nSPS) is 52.1. The molecule has 1 aromatic heterocycles. The lowest BCUT2D eigenvalue weighted by Crippen LogP contribution is -2.73. The van der Waals surface area contributed by atoms with Crippen LogP contribution in [0.2, 0.25) is 0 Å². The van der Waals surface area contributed by atoms with Crippen molar-refractivity contribution in [1.29, 1.82) is 0 Å². The van der Waals surface area contributed by atoms with E-state index in [0.29, 0.717) is 12.8 Å². The first-order chi connectivity index (χ1) is 12.9. The summed E-state index contributed by atoms with van der Waals surface area (Å²) >= 11 is 0. The Bertz CT molecular complexity index is 890. The second kappa shape index (κ2) is 4.47. The fraction of sp³-hybridized carbons (Fsp3) is 0.600. The van der Waals surface area contributed by atoms with E-state index in [2.05, 4.69) is 0 Å². The minimum absolute atomic E-state index is 0.221. The highest BCUT2D eigenvalue weighted by Crippen LogP contribution is 2.76. The van der Waals surface area contributed by atoms with Gasteiger partial charge < -0.3 is 23.7 Å². The number of esters is 2. The molecule has 7 nitrogen and oxygen atoms in total. The van der Waals surface area contributed by atoms with E-state index in [1.54, 1.807) is 12.3 Å². The third kappa shape index (κ3) is 1.48. The van der Waals surface area contributed by atoms with Crippen LogP contribution in [0.15, 0.2) is 35.2 Å². The second-order valence-electron chi connectivity index (χ2n) is 8.75. The molecule has 7 heteroatoms. The van der Waals surface area contributed by atoms with Gasteiger partial charge in [0.1, 0.15) is 24.4 Å². The topological polar surface area (TPSA) is 98.5 Å². The Morgan fingerprint density at radius 1 is 1.22 bits per heavy atom. The van der Waals surface area contributed by atoms with Gasteiger partial charge in [-0.15, -0.1) is 0 Å². The molecule has 2 aliphatic carbocycles. The maximum absolute atomic E-state index is 13.0. The molecule has 142 valence electrons. The predicted octanol–water partition coefficient (Wildman–Crippen LogP) is 1.67. The van der Waals surface area contributed by atoms with Crippen LogP contribution in [-0.2, 0) is 23.8 Å². The predicted molar refractivity (Wildman–Crippen MR) is 88.1 cm³/mol. The molecule has 7 atom stereocenters. The summed E-state index contributed by atoms with van der Waals surface area (Å²) in [6.45, 7) is 2.16. The molecule has 2 spiro atoms. The highest BCUT2D eigenvalue weighted by Gasteiger charge is 2.88. The Balaban J connectivity index is 1.52. The molecule has 1 aromatic rings. The molecule has 4 heterocycles. The second-order valence-corrected chi connectivity index (χ2v) is 8.75. The highest BCUT2D eigenvalue weighted by molar-refractivity contribution is 5.84. The number of rotatable bonds is 1. The number of hydrogen-bond donors (Lipinski definition) is 1. The third-order valence-corrected chi connectivity index (χ3v) is 7.96. The van der Waals surface area contributed by atoms with E-state index < -0.39 is 40.0 Å². The zero-order valence-electron chi connectivity index (χ0n) is 14.8. The fourth-order valence-electron chi connectivity index (χ4n) is 6.48. The lowest BCUT2D eigenvalue weighted by Gasteiger charge is -2.61. The van der Waals surface area contributed by atoms with Crippen molar-refractivity contribution in [3.8, 4) is 0 Å². The molecule has 3 aliphatic heterocycles. The quantitative estimate of drug-likeness (QED) is 0.455. The van der Waals surface area contributed by atoms with Gasteiger partial charge >= 0.3 is 11.9 Å². The van der Waals surface area contributed by atoms with Crippen LogP contribution in [0, 0.1) is 16.7 Å². The molecule has 3 saturated heterocycles. The molecule has 1 N–H and O–H groups in total. The molecule has 27 heavy (non-hydrogen) atoms. The van der Waals surface area contributed by atoms with Crippen molar-refractivity contribution in [2.75, 3.05) is 6.61 Å². The average molecular weight is 372 g/mol. The van der Waals surface area contributed by atoms with E-state index in [1.807, 2.05) is 19.1 Å². The molecule has 0 aromatic carbocycles. The first kappa shape index (κ1) is 15.9. The number of carbonyl (C=O) groups excluding carboxylic acids is 2. The largest absolute Gasteiger partial charge is 0.472 e. The average Bonchev–Trinajstić information content (AvgIpc) is 3.01. The summed E-state index contributed by atoms with van der Waals surface area (Å²) in [6, 6.07) is 1.76. The summed E-state index contributed by atoms with van der Waals surface area (Å²) in [5, 5.41) is 11.5. The van der Waals surface area contributed by atoms with Gasteiger partial charge in [0.05, 0.1) is 23.9 Å². The number of hydrogen-bond acceptors (Lipinski definition) is 7. The lowest BCUT2D eigenvalue weighted by molar-refractivity contribution is -0.251. The van der Waals surface area contributed by atoms with E-state index in [1.165, 1.54) is 6.26 Å². The van der Waals surface area contributed by atoms with Gasteiger partial charge in [0.2, 0.25) is 0 Å². The van der Waals surface area contributed by atoms with Gasteiger partial charge in [-0.3, -0.25) is 4.79 Å². The number of ether oxygens (including phenoxy) is 3. The first-order valence-electron chi connectivity index (χ1n) is 9.36. The molecular weight excluding hydrogens is 352 g/mol. The molecule has 7 unspecified atom stereocenters. The van der Waals surface area contributed by atoms with Crippen LogP contribution < -0.4 is 0 Å². The molecular formula is C20H20O7. The molecule has 4 fully saturated rings. The molecule has 1 saturated carbocycles. The fourth-order valence-corrected chi connectivity index (χ4v) is 6.48. The van der Waals surface area contributed by atoms with Gasteiger partial charge in [-0.25, -0.2) is 4.79 Å². The zero-order chi connectivity index (χ0) is 18.7. The number of cyclic esters (lactones) is 2. The maximum Gasteiger partial charge on any atom is 0.339 e. The van der Waals surface area contributed by atoms with Crippen LogP contribution in [0.5, 0.6) is 0 Å². The van der Waals surface area contributed by atoms with Crippen LogP contribution in [0.4, 0.5) is 0 Å². The number of carbonyl (C=O) groups is 2. The number of epoxide rings is 1. The van der Waals surface area contributed by atoms with Gasteiger partial charge in [0, 0.05) is 17.4 Å². The van der Waals surface area contributed by atoms with Crippen LogP contribution >= 0.6 is 0 Å². The zero-order valence-corrected chi connectivity index (χ0v) is 14.8. The van der Waals surface area contributed by atoms with Crippen molar-refractivity contribution in [3.05, 3.63) is 36.3 Å². The molecule has 0 amide bonds. The Morgan fingerprint density at radius 3 is 2.85 bits per heavy atom. The first-order valence-corrected chi connectivity index (χ1v) is 9.36. The van der Waals surface area contributed by atoms with E-state index in [-0.39, 0.29) is 25.1 Å². The molecule has 0 bridgehead atoms. The highest BCUT2D eigenvalue weighted by atomic mass is 16.6. The molecule has 6 rings (SSSR count). The summed E-state index contributed by atoms with van der Waals surface area (Å²) in [4.78, 5) is 25.4. The smallest absolute Gasteiger partial charge is 0.339 e. The van der Waals surface area contributed by atoms with Crippen molar-refractivity contribution in [2.45, 2.75) is 49.6 Å². The van der Waals surface area contributed by atoms with Crippen molar-refractivity contribution >= 4 is 11.9 Å². The standard InChI is InChI=1S/C20H20O7/c1-17-8-13(11-4-7-24-9-11)26-16(22)19(17,23)6-5-18-10-25-15(21)12(18)2-3-14-20(17,18)27-14/h2-4,7,9,12-14,23H,5-6,8,10H2,1H3. The Labute approximate surface area is 155 Å². The van der Waals surface area contributed by atoms with Gasteiger partial charge in [-0.05, 0) is 18.9 Å². The third-order valence-electron chi connectivity index (χ3n) is 7.96. The van der Waals surface area contributed by atoms with Gasteiger partial charge in [0.15, 0.2) is 5.60 Å². The van der Waals surface area contributed by atoms with E-state index in [4.69, 9.17) is 18.6 Å². The van der Waals surface area contributed by atoms with Crippen molar-refractivity contribution in [3.63, 3.8) is 0 Å². The maximum atomic E-state index is 13.0. The van der Waals surface area contributed by atoms with E-state index in [9.17, 15) is 14.7 Å². The number of fused-ring (bicyclic) bond motifs is 1. The van der Waals surface area contributed by atoms with Gasteiger partial charge in [-0.2, -0.15) is 0 Å². The van der Waals surface area contributed by atoms with Gasteiger partial charge in [-0.1, -0.05) is 19.1 Å². The van der Waals surface area contributed by atoms with E-state index >= 15 is 0 Å². The molecule has 5 aliphatic rings. The van der Waals surface area contributed by atoms with Crippen molar-refractivity contribution < 1.29 is 33.3 Å². The molecule has 0 radical (unpaired) electrons. The minimum Gasteiger partial charge on any atom is -0.472 e. The Morgan fingerprint density at radius 2 is 2.07 bits per heavy atom. The summed E-state index contributed by atoms with van der Waals surface area (Å²) in [5.41, 5.74) is -3.20. The number of furan rings is 1. The van der Waals surface area contributed by atoms with Crippen LogP contribution in [0.25, 0.3) is 0 Å². The van der Waals surface area contributed by atoms with Crippen molar-refractivity contribution in [1.82, 2.24) is 0 Å². The van der Waals surface area contributed by atoms with Crippen molar-refractivity contribution in [2.24, 2.45) is 16.7 Å². The SMILES string of the molecule is CC12CC(c3ccoc3)OC(=O)C1(O)CCC13COC(=O)C1C=CC1OC132. The van der Waals surface area contributed by atoms with Gasteiger partial charge in [0.25, 0.3) is 0 Å². The van der Waals surface area contributed by atoms with Crippen LogP contribution in [0.3, 0.4) is 0 Å². The van der Waals surface area contributed by atoms with Crippen LogP contribution in [0.1, 0.15) is 37.9 Å². The summed E-state index contributed by atoms with van der Waals surface area (Å²) < 4.78 is 22.5. The number of aliphatic hydroxyl groups is 1. The summed E-state index contributed by atoms with van der Waals surface area (Å²) in [5.74, 6) is -1.28. The summed E-state index contributed by atoms with van der Waals surface area (Å²) in [7, 11) is 0. The minimum atomic E-state index is -1.66. The Kier molecular flexibility index (Phi) is 2.63. The monoisotopic (exact) mass is 372 g/mol.